The third-order valence-electron chi connectivity index (χ3n) is 1.91. The minimum Gasteiger partial charge on any atom is -0.377 e. The SMILES string of the molecule is CC=CC(=O)C=CC[Si](OC)(OC)OC. The van der Waals surface area contributed by atoms with E-state index in [1.54, 1.807) is 40.4 Å². The largest absolute Gasteiger partial charge is 0.504 e. The van der Waals surface area contributed by atoms with Gasteiger partial charge in [0.2, 0.25) is 0 Å². The Bertz CT molecular complexity index is 236. The third kappa shape index (κ3) is 5.03. The zero-order chi connectivity index (χ0) is 11.7. The molecule has 0 aliphatic rings. The first-order valence-corrected chi connectivity index (χ1v) is 6.56. The van der Waals surface area contributed by atoms with Crippen LogP contribution < -0.4 is 0 Å². The molecule has 86 valence electrons. The van der Waals surface area contributed by atoms with E-state index in [-0.39, 0.29) is 5.78 Å². The molecular formula is C10H18O4Si. The lowest BCUT2D eigenvalue weighted by Gasteiger charge is -2.22. The predicted octanol–water partition coefficient (Wildman–Crippen LogP) is 1.57. The van der Waals surface area contributed by atoms with Crippen LogP contribution in [0.2, 0.25) is 6.04 Å². The van der Waals surface area contributed by atoms with Crippen LogP contribution in [0.5, 0.6) is 0 Å². The average Bonchev–Trinajstić information content (AvgIpc) is 2.25. The molecule has 0 aliphatic heterocycles. The summed E-state index contributed by atoms with van der Waals surface area (Å²) < 4.78 is 15.6. The average molecular weight is 230 g/mol. The van der Waals surface area contributed by atoms with Crippen molar-refractivity contribution < 1.29 is 18.1 Å². The van der Waals surface area contributed by atoms with Crippen LogP contribution >= 0.6 is 0 Å². The summed E-state index contributed by atoms with van der Waals surface area (Å²) in [5.41, 5.74) is 0. The van der Waals surface area contributed by atoms with Crippen molar-refractivity contribution in [1.29, 1.82) is 0 Å². The zero-order valence-electron chi connectivity index (χ0n) is 9.65. The molecule has 0 amide bonds. The van der Waals surface area contributed by atoms with Gasteiger partial charge in [-0.3, -0.25) is 4.79 Å². The van der Waals surface area contributed by atoms with E-state index in [1.165, 1.54) is 12.2 Å². The van der Waals surface area contributed by atoms with E-state index in [0.717, 1.165) is 0 Å². The summed E-state index contributed by atoms with van der Waals surface area (Å²) in [5, 5.41) is 0. The fourth-order valence-electron chi connectivity index (χ4n) is 1.04. The summed E-state index contributed by atoms with van der Waals surface area (Å²) in [6, 6.07) is 0.486. The Morgan fingerprint density at radius 3 is 2.07 bits per heavy atom. The number of carbonyl (C=O) groups is 1. The lowest BCUT2D eigenvalue weighted by molar-refractivity contribution is -0.110. The molecule has 0 N–H and O–H groups in total. The monoisotopic (exact) mass is 230 g/mol. The van der Waals surface area contributed by atoms with E-state index in [1.807, 2.05) is 0 Å². The smallest absolute Gasteiger partial charge is 0.377 e. The van der Waals surface area contributed by atoms with Crippen LogP contribution in [0.3, 0.4) is 0 Å². The van der Waals surface area contributed by atoms with Gasteiger partial charge in [0.05, 0.1) is 0 Å². The standard InChI is InChI=1S/C10H18O4Si/c1-5-7-10(11)8-6-9-15(12-2,13-3)14-4/h5-8H,9H2,1-4H3. The number of ketones is 1. The quantitative estimate of drug-likeness (QED) is 0.492. The number of carbonyl (C=O) groups excluding carboxylic acids is 1. The molecule has 0 bridgehead atoms. The lowest BCUT2D eigenvalue weighted by Crippen LogP contribution is -2.42. The molecule has 0 aromatic carbocycles. The van der Waals surface area contributed by atoms with Crippen LogP contribution in [-0.4, -0.2) is 35.9 Å². The van der Waals surface area contributed by atoms with Crippen molar-refractivity contribution in [3.8, 4) is 0 Å². The van der Waals surface area contributed by atoms with Gasteiger partial charge in [0.1, 0.15) is 0 Å². The minimum absolute atomic E-state index is 0.0521. The van der Waals surface area contributed by atoms with Gasteiger partial charge in [-0.1, -0.05) is 12.2 Å². The Balaban J connectivity index is 4.27. The van der Waals surface area contributed by atoms with Crippen LogP contribution in [0, 0.1) is 0 Å². The molecule has 0 fully saturated rings. The van der Waals surface area contributed by atoms with Gasteiger partial charge >= 0.3 is 8.80 Å². The highest BCUT2D eigenvalue weighted by Crippen LogP contribution is 2.12. The molecule has 0 atom stereocenters. The Hall–Kier alpha value is -0.753. The van der Waals surface area contributed by atoms with Crippen molar-refractivity contribution in [2.24, 2.45) is 0 Å². The van der Waals surface area contributed by atoms with Crippen molar-refractivity contribution in [2.75, 3.05) is 21.3 Å². The maximum Gasteiger partial charge on any atom is 0.504 e. The second kappa shape index (κ2) is 7.53. The lowest BCUT2D eigenvalue weighted by atomic mass is 10.3. The maximum atomic E-state index is 11.1. The molecule has 0 saturated carbocycles. The van der Waals surface area contributed by atoms with Crippen molar-refractivity contribution >= 4 is 14.6 Å². The van der Waals surface area contributed by atoms with Gasteiger partial charge in [-0.25, -0.2) is 0 Å². The number of hydrogen-bond donors (Lipinski definition) is 0. The van der Waals surface area contributed by atoms with Crippen molar-refractivity contribution in [3.63, 3.8) is 0 Å². The molecule has 0 aromatic heterocycles. The molecule has 0 rings (SSSR count). The minimum atomic E-state index is -2.57. The Kier molecular flexibility index (Phi) is 7.15. The summed E-state index contributed by atoms with van der Waals surface area (Å²) in [7, 11) is 2.06. The highest BCUT2D eigenvalue weighted by Gasteiger charge is 2.36. The summed E-state index contributed by atoms with van der Waals surface area (Å²) in [4.78, 5) is 11.1. The normalized spacial score (nSPS) is 12.8. The van der Waals surface area contributed by atoms with Gasteiger partial charge in [-0.05, 0) is 19.1 Å². The highest BCUT2D eigenvalue weighted by atomic mass is 28.4. The van der Waals surface area contributed by atoms with Crippen LogP contribution in [0.1, 0.15) is 6.92 Å². The molecule has 0 heterocycles. The first-order valence-electron chi connectivity index (χ1n) is 4.62. The topological polar surface area (TPSA) is 44.8 Å². The molecule has 0 spiro atoms. The summed E-state index contributed by atoms with van der Waals surface area (Å²) >= 11 is 0. The molecule has 0 aromatic rings. The van der Waals surface area contributed by atoms with Crippen LogP contribution in [0.25, 0.3) is 0 Å². The Morgan fingerprint density at radius 1 is 1.13 bits per heavy atom. The molecule has 0 radical (unpaired) electrons. The van der Waals surface area contributed by atoms with Crippen molar-refractivity contribution in [3.05, 3.63) is 24.3 Å². The second-order valence-corrected chi connectivity index (χ2v) is 5.80. The predicted molar refractivity (Wildman–Crippen MR) is 60.5 cm³/mol. The summed E-state index contributed by atoms with van der Waals surface area (Å²) in [6.07, 6.45) is 6.39. The van der Waals surface area contributed by atoms with Crippen molar-refractivity contribution in [1.82, 2.24) is 0 Å². The zero-order valence-corrected chi connectivity index (χ0v) is 10.6. The molecule has 5 heteroatoms. The van der Waals surface area contributed by atoms with Crippen LogP contribution in [-0.2, 0) is 18.1 Å². The summed E-state index contributed by atoms with van der Waals surface area (Å²) in [5.74, 6) is -0.0521. The molecule has 0 unspecified atom stereocenters. The fourth-order valence-corrected chi connectivity index (χ4v) is 2.45. The van der Waals surface area contributed by atoms with Crippen molar-refractivity contribution in [2.45, 2.75) is 13.0 Å². The maximum absolute atomic E-state index is 11.1. The van der Waals surface area contributed by atoms with Gasteiger partial charge in [0.15, 0.2) is 5.78 Å². The number of rotatable bonds is 7. The van der Waals surface area contributed by atoms with E-state index < -0.39 is 8.80 Å². The molecule has 15 heavy (non-hydrogen) atoms. The van der Waals surface area contributed by atoms with Gasteiger partial charge < -0.3 is 13.3 Å². The number of allylic oxidation sites excluding steroid dienone is 4. The van der Waals surface area contributed by atoms with E-state index in [4.69, 9.17) is 13.3 Å². The van der Waals surface area contributed by atoms with Crippen LogP contribution in [0.4, 0.5) is 0 Å². The van der Waals surface area contributed by atoms with E-state index >= 15 is 0 Å². The van der Waals surface area contributed by atoms with E-state index in [2.05, 4.69) is 0 Å². The Morgan fingerprint density at radius 2 is 1.67 bits per heavy atom. The van der Waals surface area contributed by atoms with Crippen LogP contribution in [0.15, 0.2) is 24.3 Å². The summed E-state index contributed by atoms with van der Waals surface area (Å²) in [6.45, 7) is 1.80. The number of hydrogen-bond acceptors (Lipinski definition) is 4. The molecule has 4 nitrogen and oxygen atoms in total. The van der Waals surface area contributed by atoms with Gasteiger partial charge in [0.25, 0.3) is 0 Å². The highest BCUT2D eigenvalue weighted by molar-refractivity contribution is 6.61. The van der Waals surface area contributed by atoms with Gasteiger partial charge in [-0.15, -0.1) is 0 Å². The molecule has 0 saturated heterocycles. The Labute approximate surface area is 91.9 Å². The first kappa shape index (κ1) is 14.2. The van der Waals surface area contributed by atoms with E-state index in [0.29, 0.717) is 6.04 Å². The molecular weight excluding hydrogens is 212 g/mol. The van der Waals surface area contributed by atoms with E-state index in [9.17, 15) is 4.79 Å². The van der Waals surface area contributed by atoms with Gasteiger partial charge in [0, 0.05) is 27.4 Å². The third-order valence-corrected chi connectivity index (χ3v) is 4.52. The second-order valence-electron chi connectivity index (χ2n) is 2.80. The fraction of sp³-hybridized carbons (Fsp3) is 0.500. The van der Waals surface area contributed by atoms with Gasteiger partial charge in [-0.2, -0.15) is 0 Å². The first-order chi connectivity index (χ1) is 7.14. The molecule has 0 aliphatic carbocycles.